The van der Waals surface area contributed by atoms with Gasteiger partial charge in [0.2, 0.25) is 5.95 Å². The van der Waals surface area contributed by atoms with Crippen LogP contribution >= 0.6 is 11.6 Å². The molecule has 4 nitrogen and oxygen atoms in total. The van der Waals surface area contributed by atoms with Crippen molar-refractivity contribution in [2.24, 2.45) is 0 Å². The van der Waals surface area contributed by atoms with Crippen LogP contribution in [0.4, 0.5) is 17.5 Å². The molecule has 2 aromatic rings. The smallest absolute Gasteiger partial charge is 0.227 e. The molecular formula is C17H23ClN4. The molecule has 0 spiro atoms. The summed E-state index contributed by atoms with van der Waals surface area (Å²) in [4.78, 5) is 11.3. The van der Waals surface area contributed by atoms with Crippen molar-refractivity contribution in [3.63, 3.8) is 0 Å². The van der Waals surface area contributed by atoms with E-state index in [1.165, 1.54) is 0 Å². The molecule has 1 aromatic heterocycles. The van der Waals surface area contributed by atoms with Gasteiger partial charge >= 0.3 is 0 Å². The number of hydrogen-bond donors (Lipinski definition) is 1. The second kappa shape index (κ2) is 7.99. The van der Waals surface area contributed by atoms with E-state index in [0.29, 0.717) is 5.02 Å². The Morgan fingerprint density at radius 1 is 1.14 bits per heavy atom. The average molecular weight is 319 g/mol. The molecule has 0 aliphatic rings. The van der Waals surface area contributed by atoms with E-state index in [9.17, 15) is 0 Å². The fourth-order valence-electron chi connectivity index (χ4n) is 2.29. The maximum Gasteiger partial charge on any atom is 0.227 e. The molecule has 0 fully saturated rings. The Morgan fingerprint density at radius 3 is 2.55 bits per heavy atom. The molecule has 0 aliphatic carbocycles. The maximum atomic E-state index is 6.07. The molecule has 2 rings (SSSR count). The van der Waals surface area contributed by atoms with E-state index in [1.54, 1.807) is 6.20 Å². The highest BCUT2D eigenvalue weighted by Gasteiger charge is 2.09. The fourth-order valence-corrected chi connectivity index (χ4v) is 2.46. The van der Waals surface area contributed by atoms with Crippen LogP contribution in [-0.2, 0) is 0 Å². The van der Waals surface area contributed by atoms with Crippen LogP contribution in [0.25, 0.3) is 0 Å². The monoisotopic (exact) mass is 318 g/mol. The third kappa shape index (κ3) is 4.34. The van der Waals surface area contributed by atoms with Gasteiger partial charge in [-0.25, -0.2) is 4.98 Å². The summed E-state index contributed by atoms with van der Waals surface area (Å²) in [5.41, 5.74) is 2.10. The van der Waals surface area contributed by atoms with E-state index in [-0.39, 0.29) is 0 Å². The predicted molar refractivity (Wildman–Crippen MR) is 94.3 cm³/mol. The minimum Gasteiger partial charge on any atom is -0.341 e. The number of benzene rings is 1. The third-order valence-corrected chi connectivity index (χ3v) is 3.61. The Labute approximate surface area is 137 Å². The minimum absolute atomic E-state index is 0.709. The number of nitrogens with one attached hydrogen (secondary N) is 1. The summed E-state index contributed by atoms with van der Waals surface area (Å²) in [5, 5.41) is 4.04. The molecule has 0 unspecified atom stereocenters. The van der Waals surface area contributed by atoms with Crippen LogP contribution in [0.15, 0.2) is 30.5 Å². The van der Waals surface area contributed by atoms with Gasteiger partial charge < -0.3 is 10.2 Å². The Kier molecular flexibility index (Phi) is 6.01. The van der Waals surface area contributed by atoms with E-state index in [4.69, 9.17) is 11.6 Å². The standard InChI is InChI=1S/C17H23ClN4/c1-4-10-22(11-5-2)17-19-9-8-16(21-17)20-15-12-14(18)7-6-13(15)3/h6-9,12H,4-5,10-11H2,1-3H3,(H,19,20,21). The van der Waals surface area contributed by atoms with Crippen molar-refractivity contribution >= 4 is 29.1 Å². The highest BCUT2D eigenvalue weighted by Crippen LogP contribution is 2.24. The van der Waals surface area contributed by atoms with Gasteiger partial charge in [-0.3, -0.25) is 0 Å². The molecule has 118 valence electrons. The van der Waals surface area contributed by atoms with Crippen LogP contribution < -0.4 is 10.2 Å². The molecule has 1 aromatic carbocycles. The summed E-state index contributed by atoms with van der Waals surface area (Å²) in [7, 11) is 0. The van der Waals surface area contributed by atoms with Crippen LogP contribution in [0.3, 0.4) is 0 Å². The van der Waals surface area contributed by atoms with Gasteiger partial charge in [-0.1, -0.05) is 31.5 Å². The lowest BCUT2D eigenvalue weighted by atomic mass is 10.2. The summed E-state index contributed by atoms with van der Waals surface area (Å²) < 4.78 is 0. The molecule has 0 radical (unpaired) electrons. The van der Waals surface area contributed by atoms with E-state index >= 15 is 0 Å². The van der Waals surface area contributed by atoms with Crippen molar-refractivity contribution in [3.05, 3.63) is 41.0 Å². The van der Waals surface area contributed by atoms with Crippen molar-refractivity contribution in [2.75, 3.05) is 23.3 Å². The van der Waals surface area contributed by atoms with Gasteiger partial charge in [0.25, 0.3) is 0 Å². The SMILES string of the molecule is CCCN(CCC)c1nccc(Nc2cc(Cl)ccc2C)n1. The lowest BCUT2D eigenvalue weighted by Crippen LogP contribution is -2.27. The average Bonchev–Trinajstić information content (AvgIpc) is 2.51. The van der Waals surface area contributed by atoms with E-state index in [2.05, 4.69) is 34.0 Å². The summed E-state index contributed by atoms with van der Waals surface area (Å²) in [6.45, 7) is 8.31. The Morgan fingerprint density at radius 2 is 1.86 bits per heavy atom. The first kappa shape index (κ1) is 16.6. The van der Waals surface area contributed by atoms with Crippen molar-refractivity contribution < 1.29 is 0 Å². The Balaban J connectivity index is 2.22. The lowest BCUT2D eigenvalue weighted by molar-refractivity contribution is 0.721. The topological polar surface area (TPSA) is 41.1 Å². The fraction of sp³-hybridized carbons (Fsp3) is 0.412. The van der Waals surface area contributed by atoms with Gasteiger partial charge in [-0.2, -0.15) is 4.98 Å². The molecule has 5 heteroatoms. The quantitative estimate of drug-likeness (QED) is 0.795. The summed E-state index contributed by atoms with van der Waals surface area (Å²) >= 11 is 6.07. The van der Waals surface area contributed by atoms with E-state index < -0.39 is 0 Å². The zero-order valence-corrected chi connectivity index (χ0v) is 14.2. The number of hydrogen-bond acceptors (Lipinski definition) is 4. The van der Waals surface area contributed by atoms with Gasteiger partial charge in [-0.05, 0) is 43.5 Å². The summed E-state index contributed by atoms with van der Waals surface area (Å²) in [5.74, 6) is 1.56. The molecule has 0 bridgehead atoms. The maximum absolute atomic E-state index is 6.07. The second-order valence-electron chi connectivity index (χ2n) is 5.31. The van der Waals surface area contributed by atoms with Gasteiger partial charge in [0, 0.05) is 30.0 Å². The Hall–Kier alpha value is -1.81. The zero-order chi connectivity index (χ0) is 15.9. The lowest BCUT2D eigenvalue weighted by Gasteiger charge is -2.21. The molecule has 1 N–H and O–H groups in total. The number of nitrogens with zero attached hydrogens (tertiary/aromatic N) is 3. The molecule has 0 aliphatic heterocycles. The zero-order valence-electron chi connectivity index (χ0n) is 13.4. The van der Waals surface area contributed by atoms with Crippen LogP contribution in [0.1, 0.15) is 32.3 Å². The minimum atomic E-state index is 0.709. The van der Waals surface area contributed by atoms with Crippen LogP contribution in [0.5, 0.6) is 0 Å². The predicted octanol–water partition coefficient (Wildman–Crippen LogP) is 4.81. The first-order valence-corrected chi connectivity index (χ1v) is 8.13. The highest BCUT2D eigenvalue weighted by atomic mass is 35.5. The van der Waals surface area contributed by atoms with E-state index in [0.717, 1.165) is 48.9 Å². The van der Waals surface area contributed by atoms with Gasteiger partial charge in [-0.15, -0.1) is 0 Å². The van der Waals surface area contributed by atoms with Gasteiger partial charge in [0.1, 0.15) is 5.82 Å². The first-order chi connectivity index (χ1) is 10.6. The van der Waals surface area contributed by atoms with Crippen LogP contribution in [-0.4, -0.2) is 23.1 Å². The number of aromatic nitrogens is 2. The number of anilines is 3. The summed E-state index contributed by atoms with van der Waals surface area (Å²) in [6.07, 6.45) is 3.95. The molecule has 0 atom stereocenters. The molecule has 1 heterocycles. The molecule has 0 amide bonds. The van der Waals surface area contributed by atoms with Crippen molar-refractivity contribution in [1.29, 1.82) is 0 Å². The molecule has 22 heavy (non-hydrogen) atoms. The number of halogens is 1. The third-order valence-electron chi connectivity index (χ3n) is 3.38. The van der Waals surface area contributed by atoms with E-state index in [1.807, 2.05) is 31.2 Å². The first-order valence-electron chi connectivity index (χ1n) is 7.75. The molecule has 0 saturated carbocycles. The van der Waals surface area contributed by atoms with Crippen molar-refractivity contribution in [3.8, 4) is 0 Å². The van der Waals surface area contributed by atoms with Crippen LogP contribution in [0.2, 0.25) is 5.02 Å². The van der Waals surface area contributed by atoms with Crippen molar-refractivity contribution in [2.45, 2.75) is 33.6 Å². The van der Waals surface area contributed by atoms with Gasteiger partial charge in [0.05, 0.1) is 0 Å². The van der Waals surface area contributed by atoms with Gasteiger partial charge in [0.15, 0.2) is 0 Å². The largest absolute Gasteiger partial charge is 0.341 e. The van der Waals surface area contributed by atoms with Crippen LogP contribution in [0, 0.1) is 6.92 Å². The number of aryl methyl sites for hydroxylation is 1. The highest BCUT2D eigenvalue weighted by molar-refractivity contribution is 6.30. The normalized spacial score (nSPS) is 10.5. The number of rotatable bonds is 7. The second-order valence-corrected chi connectivity index (χ2v) is 5.75. The molecular weight excluding hydrogens is 296 g/mol. The molecule has 0 saturated heterocycles. The van der Waals surface area contributed by atoms with Crippen molar-refractivity contribution in [1.82, 2.24) is 9.97 Å². The summed E-state index contributed by atoms with van der Waals surface area (Å²) in [6, 6.07) is 7.67. The Bertz CT molecular complexity index is 609.